The summed E-state index contributed by atoms with van der Waals surface area (Å²) in [6.45, 7) is 3.45. The molecule has 1 atom stereocenters. The van der Waals surface area contributed by atoms with Gasteiger partial charge in [0, 0.05) is 24.9 Å². The normalized spacial score (nSPS) is 19.9. The lowest BCUT2D eigenvalue weighted by Crippen LogP contribution is -2.43. The first-order valence-corrected chi connectivity index (χ1v) is 6.06. The Bertz CT molecular complexity index is 573. The Labute approximate surface area is 110 Å². The molecule has 1 unspecified atom stereocenters. The van der Waals surface area contributed by atoms with Crippen LogP contribution in [0.1, 0.15) is 40.6 Å². The number of carbonyl (C=O) groups excluding carboxylic acids is 2. The summed E-state index contributed by atoms with van der Waals surface area (Å²) >= 11 is 0. The summed E-state index contributed by atoms with van der Waals surface area (Å²) in [6, 6.07) is 1.07. The molecule has 102 valence electrons. The van der Waals surface area contributed by atoms with Crippen molar-refractivity contribution in [3.05, 3.63) is 23.0 Å². The number of nitrogens with zero attached hydrogens (tertiary/aromatic N) is 2. The number of aryl methyl sites for hydroxylation is 1. The summed E-state index contributed by atoms with van der Waals surface area (Å²) in [5.74, 6) is -1.48. The summed E-state index contributed by atoms with van der Waals surface area (Å²) in [5.41, 5.74) is 1.46. The van der Waals surface area contributed by atoms with Gasteiger partial charge in [-0.15, -0.1) is 0 Å². The fraction of sp³-hybridized carbons (Fsp3) is 0.462. The van der Waals surface area contributed by atoms with E-state index in [9.17, 15) is 14.4 Å². The average Bonchev–Trinajstić information content (AvgIpc) is 2.63. The standard InChI is InChI=1S/C13H16N2O4/c1-7-6-9(13(18)19)8(2)15(7)10-4-5-11(16)14(3)12(10)17/h6,10H,4-5H2,1-3H3,(H,18,19). The highest BCUT2D eigenvalue weighted by atomic mass is 16.4. The van der Waals surface area contributed by atoms with E-state index in [0.717, 1.165) is 10.6 Å². The second-order valence-electron chi connectivity index (χ2n) is 4.81. The molecule has 1 aliphatic rings. The third kappa shape index (κ3) is 2.03. The number of aromatic nitrogens is 1. The number of likely N-dealkylation sites (tertiary alicyclic amines) is 1. The molecule has 2 rings (SSSR count). The van der Waals surface area contributed by atoms with Gasteiger partial charge in [-0.25, -0.2) is 4.79 Å². The molecule has 19 heavy (non-hydrogen) atoms. The van der Waals surface area contributed by atoms with Crippen LogP contribution < -0.4 is 0 Å². The Morgan fingerprint density at radius 3 is 2.53 bits per heavy atom. The van der Waals surface area contributed by atoms with Gasteiger partial charge in [0.15, 0.2) is 0 Å². The molecule has 2 heterocycles. The molecule has 1 aliphatic heterocycles. The molecular formula is C13H16N2O4. The first-order chi connectivity index (χ1) is 8.84. The van der Waals surface area contributed by atoms with Crippen LogP contribution in [-0.2, 0) is 9.59 Å². The second kappa shape index (κ2) is 4.53. The van der Waals surface area contributed by atoms with Crippen molar-refractivity contribution in [3.8, 4) is 0 Å². The van der Waals surface area contributed by atoms with Crippen molar-refractivity contribution in [2.24, 2.45) is 0 Å². The van der Waals surface area contributed by atoms with Gasteiger partial charge in [-0.2, -0.15) is 0 Å². The summed E-state index contributed by atoms with van der Waals surface area (Å²) in [6.07, 6.45) is 0.712. The van der Waals surface area contributed by atoms with Gasteiger partial charge in [0.2, 0.25) is 5.91 Å². The predicted molar refractivity (Wildman–Crippen MR) is 66.9 cm³/mol. The van der Waals surface area contributed by atoms with E-state index < -0.39 is 12.0 Å². The molecule has 0 aromatic carbocycles. The number of carboxylic acid groups (broad SMARTS) is 1. The van der Waals surface area contributed by atoms with Crippen LogP contribution in [0.4, 0.5) is 0 Å². The average molecular weight is 264 g/mol. The van der Waals surface area contributed by atoms with E-state index in [2.05, 4.69) is 0 Å². The van der Waals surface area contributed by atoms with Crippen LogP contribution in [0, 0.1) is 13.8 Å². The molecule has 0 bridgehead atoms. The highest BCUT2D eigenvalue weighted by molar-refractivity contribution is 5.99. The van der Waals surface area contributed by atoms with Gasteiger partial charge in [0.25, 0.3) is 5.91 Å². The molecule has 0 aliphatic carbocycles. The van der Waals surface area contributed by atoms with Crippen molar-refractivity contribution in [1.29, 1.82) is 0 Å². The molecule has 2 amide bonds. The van der Waals surface area contributed by atoms with Gasteiger partial charge in [-0.3, -0.25) is 14.5 Å². The summed E-state index contributed by atoms with van der Waals surface area (Å²) in [5, 5.41) is 9.10. The van der Waals surface area contributed by atoms with Crippen molar-refractivity contribution in [3.63, 3.8) is 0 Å². The van der Waals surface area contributed by atoms with Gasteiger partial charge >= 0.3 is 5.97 Å². The van der Waals surface area contributed by atoms with Crippen molar-refractivity contribution in [2.45, 2.75) is 32.7 Å². The minimum atomic E-state index is -1.01. The Morgan fingerprint density at radius 1 is 1.37 bits per heavy atom. The number of carboxylic acids is 1. The van der Waals surface area contributed by atoms with Crippen molar-refractivity contribution < 1.29 is 19.5 Å². The maximum absolute atomic E-state index is 12.2. The first-order valence-electron chi connectivity index (χ1n) is 6.06. The van der Waals surface area contributed by atoms with Crippen molar-refractivity contribution in [2.75, 3.05) is 7.05 Å². The Balaban J connectivity index is 2.45. The number of amides is 2. The minimum absolute atomic E-state index is 0.192. The molecule has 1 fully saturated rings. The molecular weight excluding hydrogens is 248 g/mol. The number of hydrogen-bond acceptors (Lipinski definition) is 3. The number of carbonyl (C=O) groups is 3. The second-order valence-corrected chi connectivity index (χ2v) is 4.81. The molecule has 0 radical (unpaired) electrons. The van der Waals surface area contributed by atoms with Gasteiger partial charge in [0.1, 0.15) is 6.04 Å². The quantitative estimate of drug-likeness (QED) is 0.812. The minimum Gasteiger partial charge on any atom is -0.478 e. The van der Waals surface area contributed by atoms with Crippen LogP contribution in [-0.4, -0.2) is 39.4 Å². The fourth-order valence-corrected chi connectivity index (χ4v) is 2.61. The third-order valence-corrected chi connectivity index (χ3v) is 3.65. The largest absolute Gasteiger partial charge is 0.478 e. The fourth-order valence-electron chi connectivity index (χ4n) is 2.61. The molecule has 0 spiro atoms. The van der Waals surface area contributed by atoms with Gasteiger partial charge in [0.05, 0.1) is 5.56 Å². The van der Waals surface area contributed by atoms with Crippen LogP contribution >= 0.6 is 0 Å². The molecule has 6 heteroatoms. The van der Waals surface area contributed by atoms with E-state index in [0.29, 0.717) is 18.5 Å². The summed E-state index contributed by atoms with van der Waals surface area (Å²) in [7, 11) is 1.46. The molecule has 1 saturated heterocycles. The lowest BCUT2D eigenvalue weighted by molar-refractivity contribution is -0.149. The van der Waals surface area contributed by atoms with Crippen molar-refractivity contribution in [1.82, 2.24) is 9.47 Å². The predicted octanol–water partition coefficient (Wildman–Crippen LogP) is 1.12. The highest BCUT2D eigenvalue weighted by Crippen LogP contribution is 2.28. The van der Waals surface area contributed by atoms with Gasteiger partial charge in [-0.1, -0.05) is 0 Å². The molecule has 6 nitrogen and oxygen atoms in total. The lowest BCUT2D eigenvalue weighted by atomic mass is 10.0. The first kappa shape index (κ1) is 13.3. The van der Waals surface area contributed by atoms with Crippen LogP contribution in [0.3, 0.4) is 0 Å². The number of piperidine rings is 1. The smallest absolute Gasteiger partial charge is 0.337 e. The SMILES string of the molecule is Cc1cc(C(=O)O)c(C)n1C1CCC(=O)N(C)C1=O. The van der Waals surface area contributed by atoms with Crippen molar-refractivity contribution >= 4 is 17.8 Å². The monoisotopic (exact) mass is 264 g/mol. The van der Waals surface area contributed by atoms with Crippen LogP contribution in [0.5, 0.6) is 0 Å². The van der Waals surface area contributed by atoms with E-state index in [1.54, 1.807) is 24.5 Å². The van der Waals surface area contributed by atoms with E-state index in [-0.39, 0.29) is 17.4 Å². The molecule has 0 saturated carbocycles. The topological polar surface area (TPSA) is 79.6 Å². The lowest BCUT2D eigenvalue weighted by Gasteiger charge is -2.30. The van der Waals surface area contributed by atoms with Crippen LogP contribution in [0.25, 0.3) is 0 Å². The van der Waals surface area contributed by atoms with Crippen LogP contribution in [0.15, 0.2) is 6.07 Å². The Morgan fingerprint density at radius 2 is 2.00 bits per heavy atom. The number of aromatic carboxylic acids is 1. The Kier molecular flexibility index (Phi) is 3.18. The number of rotatable bonds is 2. The molecule has 1 aromatic heterocycles. The zero-order chi connectivity index (χ0) is 14.3. The van der Waals surface area contributed by atoms with Gasteiger partial charge in [-0.05, 0) is 26.3 Å². The summed E-state index contributed by atoms with van der Waals surface area (Å²) in [4.78, 5) is 35.8. The highest BCUT2D eigenvalue weighted by Gasteiger charge is 2.34. The Hall–Kier alpha value is -2.11. The summed E-state index contributed by atoms with van der Waals surface area (Å²) < 4.78 is 1.72. The third-order valence-electron chi connectivity index (χ3n) is 3.65. The maximum Gasteiger partial charge on any atom is 0.337 e. The van der Waals surface area contributed by atoms with Gasteiger partial charge < -0.3 is 9.67 Å². The zero-order valence-corrected chi connectivity index (χ0v) is 11.1. The zero-order valence-electron chi connectivity index (χ0n) is 11.1. The maximum atomic E-state index is 12.2. The van der Waals surface area contributed by atoms with E-state index in [4.69, 9.17) is 5.11 Å². The number of likely N-dealkylation sites (N-methyl/N-ethyl adjacent to an activating group) is 1. The molecule has 1 N–H and O–H groups in total. The van der Waals surface area contributed by atoms with E-state index >= 15 is 0 Å². The van der Waals surface area contributed by atoms with E-state index in [1.165, 1.54) is 7.05 Å². The number of hydrogen-bond donors (Lipinski definition) is 1. The van der Waals surface area contributed by atoms with E-state index in [1.807, 2.05) is 0 Å². The number of imide groups is 1. The van der Waals surface area contributed by atoms with Crippen LogP contribution in [0.2, 0.25) is 0 Å². The molecule has 1 aromatic rings.